The molecule has 0 bridgehead atoms. The van der Waals surface area contributed by atoms with Crippen molar-refractivity contribution < 1.29 is 13.2 Å². The van der Waals surface area contributed by atoms with Crippen LogP contribution < -0.4 is 5.43 Å². The number of alkyl halides is 3. The highest BCUT2D eigenvalue weighted by Gasteiger charge is 2.34. The molecule has 3 nitrogen and oxygen atoms in total. The lowest BCUT2D eigenvalue weighted by atomic mass is 10.3. The molecule has 0 aliphatic heterocycles. The second-order valence-corrected chi connectivity index (χ2v) is 5.84. The van der Waals surface area contributed by atoms with E-state index in [0.29, 0.717) is 0 Å². The first-order valence-electron chi connectivity index (χ1n) is 5.43. The summed E-state index contributed by atoms with van der Waals surface area (Å²) in [6.45, 7) is 3.73. The molecule has 0 saturated carbocycles. The summed E-state index contributed by atoms with van der Waals surface area (Å²) in [6.07, 6.45) is -2.68. The molecule has 20 heavy (non-hydrogen) atoms. The summed E-state index contributed by atoms with van der Waals surface area (Å²) in [5.41, 5.74) is 2.21. The van der Waals surface area contributed by atoms with Crippen molar-refractivity contribution in [1.82, 2.24) is 4.98 Å². The fourth-order valence-corrected chi connectivity index (χ4v) is 1.98. The van der Waals surface area contributed by atoms with E-state index in [1.165, 1.54) is 0 Å². The molecule has 1 rings (SSSR count). The van der Waals surface area contributed by atoms with Crippen LogP contribution in [-0.4, -0.2) is 22.2 Å². The van der Waals surface area contributed by atoms with Crippen molar-refractivity contribution in [2.45, 2.75) is 25.3 Å². The summed E-state index contributed by atoms with van der Waals surface area (Å²) in [5.74, 6) is -0.0164. The Kier molecular flexibility index (Phi) is 5.97. The number of nitrogens with zero attached hydrogens (tertiary/aromatic N) is 2. The number of hydrogen-bond acceptors (Lipinski definition) is 4. The third kappa shape index (κ3) is 4.43. The highest BCUT2D eigenvalue weighted by molar-refractivity contribution is 7.99. The van der Waals surface area contributed by atoms with Crippen LogP contribution in [0.5, 0.6) is 0 Å². The molecule has 1 heterocycles. The van der Waals surface area contributed by atoms with Gasteiger partial charge in [0.05, 0.1) is 10.6 Å². The summed E-state index contributed by atoms with van der Waals surface area (Å²) >= 11 is 12.8. The molecule has 1 atom stereocenters. The van der Waals surface area contributed by atoms with E-state index in [0.717, 1.165) is 11.8 Å². The van der Waals surface area contributed by atoms with Gasteiger partial charge in [-0.2, -0.15) is 30.0 Å². The van der Waals surface area contributed by atoms with Crippen LogP contribution in [0.2, 0.25) is 10.2 Å². The maximum Gasteiger partial charge on any atom is 0.419 e. The minimum absolute atomic E-state index is 0.0164. The van der Waals surface area contributed by atoms with Crippen molar-refractivity contribution in [3.05, 3.63) is 21.8 Å². The molecule has 0 spiro atoms. The molecule has 0 fully saturated rings. The quantitative estimate of drug-likeness (QED) is 0.476. The molecule has 112 valence electrons. The Labute approximate surface area is 128 Å². The van der Waals surface area contributed by atoms with Gasteiger partial charge in [-0.15, -0.1) is 0 Å². The lowest BCUT2D eigenvalue weighted by Gasteiger charge is -2.12. The van der Waals surface area contributed by atoms with Crippen LogP contribution in [0.4, 0.5) is 19.0 Å². The Balaban J connectivity index is 3.02. The zero-order valence-corrected chi connectivity index (χ0v) is 13.2. The summed E-state index contributed by atoms with van der Waals surface area (Å²) in [6, 6.07) is 0.724. The van der Waals surface area contributed by atoms with E-state index >= 15 is 0 Å². The maximum absolute atomic E-state index is 12.6. The summed E-state index contributed by atoms with van der Waals surface area (Å²) in [4.78, 5) is 3.58. The molecule has 1 aromatic heterocycles. The van der Waals surface area contributed by atoms with Crippen molar-refractivity contribution in [2.75, 3.05) is 11.7 Å². The SMILES string of the molecule is CSC(C)/C(C)=N/Nc1nc(Cl)c(C(F)(F)F)cc1Cl. The van der Waals surface area contributed by atoms with Gasteiger partial charge in [-0.05, 0) is 26.2 Å². The van der Waals surface area contributed by atoms with E-state index in [1.807, 2.05) is 13.2 Å². The number of halogens is 5. The minimum atomic E-state index is -4.60. The van der Waals surface area contributed by atoms with Crippen molar-refractivity contribution >= 4 is 46.5 Å². The lowest BCUT2D eigenvalue weighted by Crippen LogP contribution is -2.12. The molecular formula is C11H12Cl2F3N3S. The van der Waals surface area contributed by atoms with Crippen LogP contribution in [0, 0.1) is 0 Å². The first-order valence-corrected chi connectivity index (χ1v) is 7.47. The molecule has 1 aromatic rings. The highest BCUT2D eigenvalue weighted by Crippen LogP contribution is 2.37. The number of hydrazone groups is 1. The third-order valence-electron chi connectivity index (χ3n) is 2.51. The fraction of sp³-hybridized carbons (Fsp3) is 0.455. The number of hydrogen-bond donors (Lipinski definition) is 1. The minimum Gasteiger partial charge on any atom is -0.260 e. The zero-order valence-electron chi connectivity index (χ0n) is 10.8. The molecule has 1 N–H and O–H groups in total. The fourth-order valence-electron chi connectivity index (χ4n) is 1.15. The van der Waals surface area contributed by atoms with Gasteiger partial charge < -0.3 is 0 Å². The third-order valence-corrected chi connectivity index (χ3v) is 4.14. The Morgan fingerprint density at radius 1 is 1.45 bits per heavy atom. The molecule has 9 heteroatoms. The molecular weight excluding hydrogens is 334 g/mol. The average molecular weight is 346 g/mol. The van der Waals surface area contributed by atoms with Crippen LogP contribution in [0.25, 0.3) is 0 Å². The Bertz CT molecular complexity index is 520. The first-order chi connectivity index (χ1) is 9.16. The van der Waals surface area contributed by atoms with E-state index in [-0.39, 0.29) is 16.1 Å². The van der Waals surface area contributed by atoms with Gasteiger partial charge in [0.2, 0.25) is 0 Å². The van der Waals surface area contributed by atoms with Gasteiger partial charge in [0.1, 0.15) is 5.15 Å². The number of anilines is 1. The Hall–Kier alpha value is -0.660. The average Bonchev–Trinajstić information content (AvgIpc) is 2.36. The number of aromatic nitrogens is 1. The van der Waals surface area contributed by atoms with Gasteiger partial charge in [-0.25, -0.2) is 4.98 Å². The Morgan fingerprint density at radius 2 is 2.05 bits per heavy atom. The van der Waals surface area contributed by atoms with Crippen LogP contribution in [0.15, 0.2) is 11.2 Å². The molecule has 0 radical (unpaired) electrons. The van der Waals surface area contributed by atoms with Gasteiger partial charge in [-0.1, -0.05) is 23.2 Å². The van der Waals surface area contributed by atoms with Crippen LogP contribution in [0.3, 0.4) is 0 Å². The van der Waals surface area contributed by atoms with Gasteiger partial charge in [0.15, 0.2) is 5.82 Å². The van der Waals surface area contributed by atoms with E-state index in [9.17, 15) is 13.2 Å². The Morgan fingerprint density at radius 3 is 2.55 bits per heavy atom. The predicted octanol–water partition coefficient (Wildman–Crippen LogP) is 4.95. The van der Waals surface area contributed by atoms with Crippen molar-refractivity contribution in [2.24, 2.45) is 5.10 Å². The van der Waals surface area contributed by atoms with E-state index in [1.54, 1.807) is 18.7 Å². The topological polar surface area (TPSA) is 37.3 Å². The molecule has 0 amide bonds. The van der Waals surface area contributed by atoms with E-state index < -0.39 is 16.9 Å². The monoisotopic (exact) mass is 345 g/mol. The van der Waals surface area contributed by atoms with Gasteiger partial charge >= 0.3 is 6.18 Å². The summed E-state index contributed by atoms with van der Waals surface area (Å²) < 4.78 is 37.8. The van der Waals surface area contributed by atoms with Crippen molar-refractivity contribution in [1.29, 1.82) is 0 Å². The molecule has 1 unspecified atom stereocenters. The molecule has 0 aliphatic rings. The summed E-state index contributed by atoms with van der Waals surface area (Å²) in [5, 5.41) is 3.31. The van der Waals surface area contributed by atoms with Gasteiger partial charge in [-0.3, -0.25) is 5.43 Å². The molecule has 0 aliphatic carbocycles. The van der Waals surface area contributed by atoms with Crippen molar-refractivity contribution in [3.8, 4) is 0 Å². The number of rotatable bonds is 4. The number of thioether (sulfide) groups is 1. The normalized spacial score (nSPS) is 14.3. The molecule has 0 aromatic carbocycles. The number of pyridine rings is 1. The van der Waals surface area contributed by atoms with Crippen LogP contribution in [0.1, 0.15) is 19.4 Å². The zero-order chi connectivity index (χ0) is 15.5. The lowest BCUT2D eigenvalue weighted by molar-refractivity contribution is -0.137. The standard InChI is InChI=1S/C11H12Cl2F3N3S/c1-5(6(2)20-3)18-19-10-8(12)4-7(9(13)17-10)11(14,15)16/h4,6H,1-3H3,(H,17,19)/b18-5+. The van der Waals surface area contributed by atoms with Crippen LogP contribution >= 0.6 is 35.0 Å². The maximum atomic E-state index is 12.6. The predicted molar refractivity (Wildman–Crippen MR) is 79.0 cm³/mol. The van der Waals surface area contributed by atoms with E-state index in [4.69, 9.17) is 23.2 Å². The smallest absolute Gasteiger partial charge is 0.260 e. The largest absolute Gasteiger partial charge is 0.419 e. The van der Waals surface area contributed by atoms with Gasteiger partial charge in [0.25, 0.3) is 0 Å². The summed E-state index contributed by atoms with van der Waals surface area (Å²) in [7, 11) is 0. The number of nitrogens with one attached hydrogen (secondary N) is 1. The molecule has 0 saturated heterocycles. The van der Waals surface area contributed by atoms with Gasteiger partial charge in [0, 0.05) is 11.0 Å². The highest BCUT2D eigenvalue weighted by atomic mass is 35.5. The van der Waals surface area contributed by atoms with Crippen molar-refractivity contribution in [3.63, 3.8) is 0 Å². The second-order valence-electron chi connectivity index (χ2n) is 3.90. The van der Waals surface area contributed by atoms with E-state index in [2.05, 4.69) is 15.5 Å². The first kappa shape index (κ1) is 17.4. The second kappa shape index (κ2) is 6.87. The van der Waals surface area contributed by atoms with Crippen LogP contribution in [-0.2, 0) is 6.18 Å².